The summed E-state index contributed by atoms with van der Waals surface area (Å²) in [5.74, 6) is -8.28. The van der Waals surface area contributed by atoms with Gasteiger partial charge in [-0.15, -0.1) is 0 Å². The maximum Gasteiger partial charge on any atom is 0.364 e. The first-order chi connectivity index (χ1) is 17.1. The Hall–Kier alpha value is -1.46. The van der Waals surface area contributed by atoms with Gasteiger partial charge in [-0.1, -0.05) is 27.7 Å². The number of hydrogen-bond donors (Lipinski definition) is 9. The zero-order valence-electron chi connectivity index (χ0n) is 21.2. The fourth-order valence-corrected chi connectivity index (χ4v) is 4.95. The van der Waals surface area contributed by atoms with Crippen molar-refractivity contribution in [3.8, 4) is 0 Å². The Bertz CT molecular complexity index is 793. The van der Waals surface area contributed by atoms with Gasteiger partial charge in [0.25, 0.3) is 5.79 Å². The summed E-state index contributed by atoms with van der Waals surface area (Å²) in [5, 5.41) is 91.5. The molecule has 37 heavy (non-hydrogen) atoms. The van der Waals surface area contributed by atoms with Crippen LogP contribution in [0.15, 0.2) is 0 Å². The predicted molar refractivity (Wildman–Crippen MR) is 122 cm³/mol. The number of carboxylic acids is 2. The maximum atomic E-state index is 12.3. The van der Waals surface area contributed by atoms with Crippen molar-refractivity contribution in [2.24, 2.45) is 17.8 Å². The third-order valence-corrected chi connectivity index (χ3v) is 7.69. The van der Waals surface area contributed by atoms with Crippen LogP contribution in [-0.4, -0.2) is 131 Å². The fraction of sp³-hybridized carbons (Fsp3) is 0.913. The van der Waals surface area contributed by atoms with Crippen molar-refractivity contribution < 1.29 is 69.8 Å². The standard InChI is InChI=1S/C23H40O14/c1-9(2)22(20(31)32)5-12(26)10(3)19(36-22)17(30)15(8-25)35-23(21(33)34)6-13(27)11(4)18(37-23)16(29)14(28)7-24/h9-19,24-30H,5-8H2,1-4H3,(H,31,32)(H,33,34)/t10-,11-,12?,13?,14-,15-,16-,17-,18-,19-,22+,23-/m1/s1. The number of carboxylic acid groups (broad SMARTS) is 2. The van der Waals surface area contributed by atoms with Crippen LogP contribution in [0, 0.1) is 17.8 Å². The van der Waals surface area contributed by atoms with E-state index in [0.717, 1.165) is 0 Å². The molecule has 2 fully saturated rings. The molecule has 9 N–H and O–H groups in total. The molecule has 2 heterocycles. The first-order valence-corrected chi connectivity index (χ1v) is 12.2. The third-order valence-electron chi connectivity index (χ3n) is 7.69. The lowest BCUT2D eigenvalue weighted by atomic mass is 9.76. The van der Waals surface area contributed by atoms with Crippen molar-refractivity contribution in [1.29, 1.82) is 0 Å². The lowest BCUT2D eigenvalue weighted by Crippen LogP contribution is -2.65. The van der Waals surface area contributed by atoms with Gasteiger partial charge in [0.15, 0.2) is 5.60 Å². The van der Waals surface area contributed by atoms with Crippen molar-refractivity contribution in [1.82, 2.24) is 0 Å². The number of ether oxygens (including phenoxy) is 3. The Labute approximate surface area is 214 Å². The topological polar surface area (TPSA) is 244 Å². The quantitative estimate of drug-likeness (QED) is 0.129. The molecule has 0 bridgehead atoms. The minimum Gasteiger partial charge on any atom is -0.479 e. The molecule has 0 spiro atoms. The van der Waals surface area contributed by atoms with Gasteiger partial charge in [-0.2, -0.15) is 0 Å². The monoisotopic (exact) mass is 540 g/mol. The lowest BCUT2D eigenvalue weighted by molar-refractivity contribution is -0.343. The first-order valence-electron chi connectivity index (χ1n) is 12.2. The van der Waals surface area contributed by atoms with E-state index in [2.05, 4.69) is 0 Å². The molecular formula is C23H40O14. The van der Waals surface area contributed by atoms with Gasteiger partial charge in [0.1, 0.15) is 24.4 Å². The molecular weight excluding hydrogens is 500 g/mol. The van der Waals surface area contributed by atoms with E-state index in [0.29, 0.717) is 0 Å². The number of aliphatic carboxylic acids is 2. The summed E-state index contributed by atoms with van der Waals surface area (Å²) in [6.07, 6.45) is -13.8. The molecule has 2 aliphatic rings. The minimum absolute atomic E-state index is 0.270. The fourth-order valence-electron chi connectivity index (χ4n) is 4.95. The third kappa shape index (κ3) is 6.08. The molecule has 0 aromatic heterocycles. The van der Waals surface area contributed by atoms with Crippen LogP contribution in [-0.2, 0) is 23.8 Å². The second-order valence-corrected chi connectivity index (χ2v) is 10.4. The molecule has 0 saturated carbocycles. The highest BCUT2D eigenvalue weighted by Gasteiger charge is 2.58. The van der Waals surface area contributed by atoms with Crippen LogP contribution in [0.1, 0.15) is 40.5 Å². The van der Waals surface area contributed by atoms with Crippen LogP contribution in [0.2, 0.25) is 0 Å². The van der Waals surface area contributed by atoms with Crippen molar-refractivity contribution in [3.63, 3.8) is 0 Å². The van der Waals surface area contributed by atoms with Gasteiger partial charge < -0.3 is 60.2 Å². The van der Waals surface area contributed by atoms with Gasteiger partial charge in [0, 0.05) is 24.7 Å². The largest absolute Gasteiger partial charge is 0.479 e. The van der Waals surface area contributed by atoms with Crippen LogP contribution >= 0.6 is 0 Å². The Morgan fingerprint density at radius 2 is 1.38 bits per heavy atom. The summed E-state index contributed by atoms with van der Waals surface area (Å²) < 4.78 is 16.9. The van der Waals surface area contributed by atoms with Gasteiger partial charge in [-0.3, -0.25) is 0 Å². The summed E-state index contributed by atoms with van der Waals surface area (Å²) in [5.41, 5.74) is -1.88. The Kier molecular flexibility index (Phi) is 10.4. The molecule has 216 valence electrons. The summed E-state index contributed by atoms with van der Waals surface area (Å²) >= 11 is 0. The first kappa shape index (κ1) is 31.8. The van der Waals surface area contributed by atoms with E-state index in [1.54, 1.807) is 13.8 Å². The molecule has 2 saturated heterocycles. The molecule has 0 aliphatic carbocycles. The van der Waals surface area contributed by atoms with E-state index in [1.807, 2.05) is 0 Å². The maximum absolute atomic E-state index is 12.3. The molecule has 0 amide bonds. The highest BCUT2D eigenvalue weighted by molar-refractivity contribution is 5.78. The average Bonchev–Trinajstić information content (AvgIpc) is 2.84. The van der Waals surface area contributed by atoms with Crippen molar-refractivity contribution in [2.75, 3.05) is 13.2 Å². The summed E-state index contributed by atoms with van der Waals surface area (Å²) in [6, 6.07) is 0. The predicted octanol–water partition coefficient (Wildman–Crippen LogP) is -2.73. The average molecular weight is 541 g/mol. The molecule has 0 aromatic carbocycles. The van der Waals surface area contributed by atoms with Gasteiger partial charge in [-0.05, 0) is 5.92 Å². The van der Waals surface area contributed by atoms with E-state index in [-0.39, 0.29) is 6.42 Å². The second-order valence-electron chi connectivity index (χ2n) is 10.4. The number of hydrogen-bond acceptors (Lipinski definition) is 12. The van der Waals surface area contributed by atoms with Crippen LogP contribution in [0.4, 0.5) is 0 Å². The second kappa shape index (κ2) is 12.2. The van der Waals surface area contributed by atoms with Crippen LogP contribution in [0.3, 0.4) is 0 Å². The smallest absolute Gasteiger partial charge is 0.364 e. The van der Waals surface area contributed by atoms with Crippen molar-refractivity contribution in [3.05, 3.63) is 0 Å². The summed E-state index contributed by atoms with van der Waals surface area (Å²) in [7, 11) is 0. The van der Waals surface area contributed by atoms with Gasteiger partial charge >= 0.3 is 11.9 Å². The SMILES string of the molecule is CC(C)[C@]1(C(=O)O)CC(O)[C@@H](C)[C@H]([C@H](O)[C@@H](CO)O[C@]2(C(=O)O)CC(O)[C@@H](C)[C@H]([C@H](O)[C@H](O)CO)O2)O1. The number of aliphatic hydroxyl groups is 7. The zero-order chi connectivity index (χ0) is 28.5. The van der Waals surface area contributed by atoms with Gasteiger partial charge in [-0.25, -0.2) is 9.59 Å². The molecule has 2 unspecified atom stereocenters. The summed E-state index contributed by atoms with van der Waals surface area (Å²) in [6.45, 7) is 4.14. The van der Waals surface area contributed by atoms with E-state index >= 15 is 0 Å². The van der Waals surface area contributed by atoms with Crippen molar-refractivity contribution in [2.45, 2.75) is 101 Å². The Morgan fingerprint density at radius 3 is 1.81 bits per heavy atom. The molecule has 14 heteroatoms. The van der Waals surface area contributed by atoms with Gasteiger partial charge in [0.2, 0.25) is 0 Å². The van der Waals surface area contributed by atoms with Crippen LogP contribution < -0.4 is 0 Å². The minimum atomic E-state index is -2.72. The van der Waals surface area contributed by atoms with Crippen LogP contribution in [0.25, 0.3) is 0 Å². The number of aliphatic hydroxyl groups excluding tert-OH is 7. The highest BCUT2D eigenvalue weighted by Crippen LogP contribution is 2.42. The van der Waals surface area contributed by atoms with Gasteiger partial charge in [0.05, 0.1) is 37.6 Å². The highest BCUT2D eigenvalue weighted by atomic mass is 16.7. The van der Waals surface area contributed by atoms with Crippen LogP contribution in [0.5, 0.6) is 0 Å². The molecule has 0 aromatic rings. The van der Waals surface area contributed by atoms with E-state index in [9.17, 15) is 55.5 Å². The number of rotatable bonds is 11. The molecule has 2 rings (SSSR count). The van der Waals surface area contributed by atoms with E-state index in [1.165, 1.54) is 13.8 Å². The van der Waals surface area contributed by atoms with Crippen molar-refractivity contribution >= 4 is 11.9 Å². The summed E-state index contributed by atoms with van der Waals surface area (Å²) in [4.78, 5) is 24.4. The molecule has 14 nitrogen and oxygen atoms in total. The van der Waals surface area contributed by atoms with E-state index in [4.69, 9.17) is 14.2 Å². The number of carbonyl (C=O) groups is 2. The molecule has 0 radical (unpaired) electrons. The normalized spacial score (nSPS) is 40.1. The molecule has 12 atom stereocenters. The zero-order valence-corrected chi connectivity index (χ0v) is 21.2. The Morgan fingerprint density at radius 1 is 0.865 bits per heavy atom. The molecule has 2 aliphatic heterocycles. The Balaban J connectivity index is 2.41. The van der Waals surface area contributed by atoms with E-state index < -0.39 is 110 Å². The lowest BCUT2D eigenvalue weighted by Gasteiger charge is -2.50.